The molecule has 0 heterocycles. The number of carboxylic acids is 1. The molecule has 0 aliphatic heterocycles. The quantitative estimate of drug-likeness (QED) is 0.365. The first-order chi connectivity index (χ1) is 18.7. The van der Waals surface area contributed by atoms with E-state index in [1.54, 1.807) is 0 Å². The number of carbonyl (C=O) groups excluding carboxylic acids is 1. The smallest absolute Gasteiger partial charge is 0.407 e. The van der Waals surface area contributed by atoms with Crippen LogP contribution in [0.25, 0.3) is 0 Å². The summed E-state index contributed by atoms with van der Waals surface area (Å²) >= 11 is 0. The molecule has 10 atom stereocenters. The summed E-state index contributed by atoms with van der Waals surface area (Å²) in [5, 5.41) is 13.7. The fraction of sp³-hybridized carbons (Fsp3) is 0.943. The third-order valence-corrected chi connectivity index (χ3v) is 15.4. The number of nitrogens with one attached hydrogen (secondary N) is 1. The molecular weight excluding hydrogens is 498 g/mol. The minimum atomic E-state index is -0.507. The van der Waals surface area contributed by atoms with Gasteiger partial charge in [0, 0.05) is 11.5 Å². The molecule has 6 saturated carbocycles. The number of hydrogen-bond acceptors (Lipinski definition) is 3. The monoisotopic (exact) mass is 555 g/mol. The van der Waals surface area contributed by atoms with E-state index in [-0.39, 0.29) is 33.9 Å². The van der Waals surface area contributed by atoms with Gasteiger partial charge in [-0.15, -0.1) is 0 Å². The van der Waals surface area contributed by atoms with Crippen LogP contribution in [0.3, 0.4) is 0 Å². The van der Waals surface area contributed by atoms with E-state index < -0.39 is 11.4 Å². The fourth-order valence-electron chi connectivity index (χ4n) is 12.8. The molecule has 0 bridgehead atoms. The summed E-state index contributed by atoms with van der Waals surface area (Å²) in [5.41, 5.74) is 0.0822. The molecule has 0 radical (unpaired) electrons. The summed E-state index contributed by atoms with van der Waals surface area (Å²) in [7, 11) is 0. The van der Waals surface area contributed by atoms with Crippen LogP contribution in [0.15, 0.2) is 0 Å². The summed E-state index contributed by atoms with van der Waals surface area (Å²) in [6, 6.07) is 0.307. The first-order valence-electron chi connectivity index (χ1n) is 16.9. The maximum absolute atomic E-state index is 12.9. The van der Waals surface area contributed by atoms with Crippen LogP contribution in [0, 0.1) is 62.6 Å². The largest absolute Gasteiger partial charge is 0.481 e. The van der Waals surface area contributed by atoms with Gasteiger partial charge in [0.05, 0.1) is 5.41 Å². The van der Waals surface area contributed by atoms with Crippen molar-refractivity contribution in [2.24, 2.45) is 62.6 Å². The molecular formula is C35H57NO4. The molecule has 0 unspecified atom stereocenters. The Hall–Kier alpha value is -1.26. The SMILES string of the molecule is CC(C)[C@@H]1CC[C@]2(C(=O)O)CC[C@]3(C)[C@H](CC[C@@H]4[C@@]5(C)CC[C@@H](OC(=O)NC6CCC6)C(C)(C)[C@@H]5CC[C@]43C)[C@@H]12. The Balaban J connectivity index is 1.27. The van der Waals surface area contributed by atoms with Gasteiger partial charge >= 0.3 is 12.1 Å². The molecule has 0 aromatic rings. The minimum Gasteiger partial charge on any atom is -0.481 e. The van der Waals surface area contributed by atoms with Crippen molar-refractivity contribution in [1.82, 2.24) is 5.32 Å². The van der Waals surface area contributed by atoms with Crippen LogP contribution in [0.4, 0.5) is 4.79 Å². The van der Waals surface area contributed by atoms with Gasteiger partial charge in [-0.1, -0.05) is 48.5 Å². The van der Waals surface area contributed by atoms with E-state index in [0.717, 1.165) is 51.4 Å². The van der Waals surface area contributed by atoms with Gasteiger partial charge in [-0.3, -0.25) is 4.79 Å². The van der Waals surface area contributed by atoms with E-state index in [2.05, 4.69) is 53.8 Å². The van der Waals surface area contributed by atoms with E-state index in [4.69, 9.17) is 4.74 Å². The molecule has 2 N–H and O–H groups in total. The van der Waals surface area contributed by atoms with E-state index in [0.29, 0.717) is 41.5 Å². The average molecular weight is 556 g/mol. The highest BCUT2D eigenvalue weighted by atomic mass is 16.6. The standard InChI is InChI=1S/C35H57NO4/c1-21(2)23-13-18-35(29(37)38)20-19-33(6)24(28(23)35)11-12-26-32(5)16-15-27(40-30(39)36-22-9-8-10-22)31(3,4)25(32)14-17-34(26,33)7/h21-28H,8-20H2,1-7H3,(H,36,39)(H,37,38)/t23-,24+,25-,26+,27+,28+,32-,33+,34+,35-/m0/s1. The summed E-state index contributed by atoms with van der Waals surface area (Å²) < 4.78 is 6.18. The van der Waals surface area contributed by atoms with E-state index in [1.165, 1.54) is 32.1 Å². The van der Waals surface area contributed by atoms with Crippen LogP contribution >= 0.6 is 0 Å². The lowest BCUT2D eigenvalue weighted by molar-refractivity contribution is -0.249. The maximum Gasteiger partial charge on any atom is 0.407 e. The lowest BCUT2D eigenvalue weighted by atomic mass is 9.32. The fourth-order valence-corrected chi connectivity index (χ4v) is 12.8. The zero-order chi connectivity index (χ0) is 28.9. The average Bonchev–Trinajstić information content (AvgIpc) is 3.25. The third kappa shape index (κ3) is 3.76. The number of aliphatic carboxylic acids is 1. The highest BCUT2D eigenvalue weighted by molar-refractivity contribution is 5.76. The van der Waals surface area contributed by atoms with Crippen LogP contribution in [0.1, 0.15) is 132 Å². The van der Waals surface area contributed by atoms with Gasteiger partial charge in [-0.2, -0.15) is 0 Å². The molecule has 6 fully saturated rings. The number of hydrogen-bond donors (Lipinski definition) is 2. The van der Waals surface area contributed by atoms with Crippen molar-refractivity contribution in [1.29, 1.82) is 0 Å². The van der Waals surface area contributed by atoms with Gasteiger partial charge in [0.25, 0.3) is 0 Å². The van der Waals surface area contributed by atoms with Gasteiger partial charge in [0.1, 0.15) is 6.10 Å². The molecule has 226 valence electrons. The Morgan fingerprint density at radius 1 is 0.800 bits per heavy atom. The maximum atomic E-state index is 12.9. The molecule has 1 amide bonds. The first kappa shape index (κ1) is 28.8. The number of carbonyl (C=O) groups is 2. The highest BCUT2D eigenvalue weighted by Gasteiger charge is 2.72. The molecule has 6 aliphatic carbocycles. The number of amides is 1. The van der Waals surface area contributed by atoms with Crippen LogP contribution in [-0.2, 0) is 9.53 Å². The minimum absolute atomic E-state index is 0.0296. The van der Waals surface area contributed by atoms with Gasteiger partial charge in [0.2, 0.25) is 0 Å². The van der Waals surface area contributed by atoms with Crippen molar-refractivity contribution in [3.63, 3.8) is 0 Å². The zero-order valence-electron chi connectivity index (χ0n) is 26.5. The van der Waals surface area contributed by atoms with E-state index in [1.807, 2.05) is 0 Å². The number of rotatable bonds is 4. The van der Waals surface area contributed by atoms with Crippen molar-refractivity contribution < 1.29 is 19.4 Å². The van der Waals surface area contributed by atoms with Crippen LogP contribution in [0.2, 0.25) is 0 Å². The Bertz CT molecular complexity index is 1030. The van der Waals surface area contributed by atoms with E-state index in [9.17, 15) is 14.7 Å². The van der Waals surface area contributed by atoms with Gasteiger partial charge in [0.15, 0.2) is 0 Å². The summed E-state index contributed by atoms with van der Waals surface area (Å²) in [4.78, 5) is 25.7. The molecule has 0 spiro atoms. The molecule has 0 aromatic carbocycles. The van der Waals surface area contributed by atoms with Crippen molar-refractivity contribution >= 4 is 12.1 Å². The van der Waals surface area contributed by atoms with Crippen molar-refractivity contribution in [3.8, 4) is 0 Å². The van der Waals surface area contributed by atoms with Crippen LogP contribution in [0.5, 0.6) is 0 Å². The lowest BCUT2D eigenvalue weighted by Gasteiger charge is -2.72. The second-order valence-corrected chi connectivity index (χ2v) is 17.1. The van der Waals surface area contributed by atoms with Crippen molar-refractivity contribution in [3.05, 3.63) is 0 Å². The number of alkyl carbamates (subject to hydrolysis) is 1. The summed E-state index contributed by atoms with van der Waals surface area (Å²) in [5.74, 6) is 2.58. The van der Waals surface area contributed by atoms with Gasteiger partial charge in [-0.25, -0.2) is 4.79 Å². The second-order valence-electron chi connectivity index (χ2n) is 17.1. The third-order valence-electron chi connectivity index (χ3n) is 15.4. The number of carboxylic acid groups (broad SMARTS) is 1. The predicted octanol–water partition coefficient (Wildman–Crippen LogP) is 8.46. The van der Waals surface area contributed by atoms with Gasteiger partial charge in [-0.05, 0) is 135 Å². The zero-order valence-corrected chi connectivity index (χ0v) is 26.5. The molecule has 6 rings (SSSR count). The summed E-state index contributed by atoms with van der Waals surface area (Å²) in [6.45, 7) is 17.2. The topological polar surface area (TPSA) is 75.6 Å². The predicted molar refractivity (Wildman–Crippen MR) is 158 cm³/mol. The molecule has 0 aromatic heterocycles. The molecule has 0 saturated heterocycles. The molecule has 40 heavy (non-hydrogen) atoms. The van der Waals surface area contributed by atoms with Crippen molar-refractivity contribution in [2.75, 3.05) is 0 Å². The molecule has 5 heteroatoms. The number of ether oxygens (including phenoxy) is 1. The number of fused-ring (bicyclic) bond motifs is 7. The Labute approximate surface area is 243 Å². The van der Waals surface area contributed by atoms with Crippen molar-refractivity contribution in [2.45, 2.75) is 144 Å². The lowest BCUT2D eigenvalue weighted by Crippen LogP contribution is -2.67. The first-order valence-corrected chi connectivity index (χ1v) is 16.9. The summed E-state index contributed by atoms with van der Waals surface area (Å²) in [6.07, 6.45) is 13.9. The Morgan fingerprint density at radius 2 is 1.52 bits per heavy atom. The molecule has 6 aliphatic rings. The normalized spacial score (nSPS) is 49.6. The molecule has 5 nitrogen and oxygen atoms in total. The highest BCUT2D eigenvalue weighted by Crippen LogP contribution is 2.77. The van der Waals surface area contributed by atoms with Gasteiger partial charge < -0.3 is 15.2 Å². The second kappa shape index (κ2) is 9.37. The van der Waals surface area contributed by atoms with E-state index >= 15 is 0 Å². The van der Waals surface area contributed by atoms with Crippen LogP contribution < -0.4 is 5.32 Å². The Morgan fingerprint density at radius 3 is 2.15 bits per heavy atom. The Kier molecular flexibility index (Phi) is 6.75. The van der Waals surface area contributed by atoms with Crippen LogP contribution in [-0.4, -0.2) is 29.3 Å².